The van der Waals surface area contributed by atoms with E-state index >= 15 is 0 Å². The van der Waals surface area contributed by atoms with E-state index in [0.29, 0.717) is 29.4 Å². The summed E-state index contributed by atoms with van der Waals surface area (Å²) in [6.07, 6.45) is 4.79. The van der Waals surface area contributed by atoms with Crippen molar-refractivity contribution in [2.24, 2.45) is 0 Å². The van der Waals surface area contributed by atoms with Crippen molar-refractivity contribution in [3.8, 4) is 0 Å². The topological polar surface area (TPSA) is 61.4 Å². The van der Waals surface area contributed by atoms with Crippen molar-refractivity contribution >= 4 is 35.0 Å². The third-order valence-electron chi connectivity index (χ3n) is 5.73. The zero-order valence-corrected chi connectivity index (χ0v) is 17.2. The number of hydrogen-bond donors (Lipinski definition) is 2. The third kappa shape index (κ3) is 5.15. The van der Waals surface area contributed by atoms with Crippen LogP contribution >= 0.6 is 23.2 Å². The van der Waals surface area contributed by atoms with Gasteiger partial charge in [0, 0.05) is 29.6 Å². The number of hydrogen-bond acceptors (Lipinski definition) is 3. The molecule has 1 saturated heterocycles. The molecule has 0 spiro atoms. The van der Waals surface area contributed by atoms with Crippen molar-refractivity contribution in [2.75, 3.05) is 19.6 Å². The van der Waals surface area contributed by atoms with Gasteiger partial charge < -0.3 is 10.6 Å². The van der Waals surface area contributed by atoms with Crippen LogP contribution in [0, 0.1) is 0 Å². The number of rotatable bonds is 8. The Morgan fingerprint density at radius 1 is 1.22 bits per heavy atom. The normalized spacial score (nSPS) is 21.1. The number of halogens is 2. The Balaban J connectivity index is 1.45. The molecule has 1 aliphatic carbocycles. The minimum Gasteiger partial charge on any atom is -0.354 e. The summed E-state index contributed by atoms with van der Waals surface area (Å²) in [7, 11) is 0. The Labute approximate surface area is 170 Å². The number of aryl methyl sites for hydroxylation is 1. The van der Waals surface area contributed by atoms with Gasteiger partial charge in [0.2, 0.25) is 11.8 Å². The van der Waals surface area contributed by atoms with Crippen molar-refractivity contribution in [3.05, 3.63) is 33.8 Å². The van der Waals surface area contributed by atoms with Gasteiger partial charge in [-0.25, -0.2) is 0 Å². The largest absolute Gasteiger partial charge is 0.354 e. The third-order valence-corrected chi connectivity index (χ3v) is 6.16. The first-order valence-electron chi connectivity index (χ1n) is 9.68. The van der Waals surface area contributed by atoms with Crippen molar-refractivity contribution in [2.45, 2.75) is 57.0 Å². The molecule has 0 radical (unpaired) electrons. The molecule has 2 aliphatic rings. The highest BCUT2D eigenvalue weighted by Gasteiger charge is 2.42. The molecule has 2 N–H and O–H groups in total. The number of amides is 2. The summed E-state index contributed by atoms with van der Waals surface area (Å²) in [4.78, 5) is 27.0. The van der Waals surface area contributed by atoms with E-state index < -0.39 is 0 Å². The van der Waals surface area contributed by atoms with E-state index in [1.807, 2.05) is 12.1 Å². The van der Waals surface area contributed by atoms with E-state index in [1.165, 1.54) is 0 Å². The van der Waals surface area contributed by atoms with E-state index in [0.717, 1.165) is 44.3 Å². The van der Waals surface area contributed by atoms with Gasteiger partial charge in [-0.1, -0.05) is 30.1 Å². The van der Waals surface area contributed by atoms with Gasteiger partial charge in [0.1, 0.15) is 0 Å². The Kier molecular flexibility index (Phi) is 6.66. The summed E-state index contributed by atoms with van der Waals surface area (Å²) in [6, 6.07) is 5.33. The van der Waals surface area contributed by atoms with Gasteiger partial charge in [-0.15, -0.1) is 0 Å². The average molecular weight is 412 g/mol. The lowest BCUT2D eigenvalue weighted by molar-refractivity contribution is -0.134. The molecular formula is C20H27Cl2N3O2. The van der Waals surface area contributed by atoms with Crippen LogP contribution in [0.2, 0.25) is 10.0 Å². The van der Waals surface area contributed by atoms with Crippen LogP contribution in [0.5, 0.6) is 0 Å². The number of benzene rings is 1. The fraction of sp³-hybridized carbons (Fsp3) is 0.600. The highest BCUT2D eigenvalue weighted by Crippen LogP contribution is 2.32. The predicted octanol–water partition coefficient (Wildman–Crippen LogP) is 3.18. The first-order chi connectivity index (χ1) is 12.9. The molecule has 27 heavy (non-hydrogen) atoms. The number of carbonyl (C=O) groups excluding carboxylic acids is 2. The first-order valence-corrected chi connectivity index (χ1v) is 10.4. The maximum absolute atomic E-state index is 12.5. The smallest absolute Gasteiger partial charge is 0.237 e. The summed E-state index contributed by atoms with van der Waals surface area (Å²) in [5, 5.41) is 7.36. The number of likely N-dealkylation sites (tertiary alicyclic amines) is 1. The SMILES string of the molecule is CCN1CCC1C(=O)NC1(CNC(=O)CCc2cc(Cl)cc(Cl)c2)CCC1. The molecule has 1 saturated carbocycles. The standard InChI is InChI=1S/C20H27Cl2N3O2/c1-2-25-9-6-17(25)19(27)24-20(7-3-8-20)13-23-18(26)5-4-14-10-15(21)12-16(22)11-14/h10-12,17H,2-9,13H2,1H3,(H,23,26)(H,24,27). The summed E-state index contributed by atoms with van der Waals surface area (Å²) in [5.41, 5.74) is 0.667. The Morgan fingerprint density at radius 3 is 2.44 bits per heavy atom. The number of likely N-dealkylation sites (N-methyl/N-ethyl adjacent to an activating group) is 1. The summed E-state index contributed by atoms with van der Waals surface area (Å²) in [5.74, 6) is 0.0797. The number of carbonyl (C=O) groups is 2. The zero-order valence-electron chi connectivity index (χ0n) is 15.7. The number of nitrogens with zero attached hydrogens (tertiary/aromatic N) is 1. The van der Waals surface area contributed by atoms with Gasteiger partial charge in [0.05, 0.1) is 11.6 Å². The van der Waals surface area contributed by atoms with Gasteiger partial charge in [-0.3, -0.25) is 14.5 Å². The molecule has 0 bridgehead atoms. The Hall–Kier alpha value is -1.30. The van der Waals surface area contributed by atoms with Gasteiger partial charge in [-0.05, 0) is 62.4 Å². The van der Waals surface area contributed by atoms with Crippen molar-refractivity contribution in [1.82, 2.24) is 15.5 Å². The van der Waals surface area contributed by atoms with Crippen LogP contribution in [0.3, 0.4) is 0 Å². The van der Waals surface area contributed by atoms with E-state index in [1.54, 1.807) is 6.07 Å². The molecule has 7 heteroatoms. The second-order valence-corrected chi connectivity index (χ2v) is 8.48. The van der Waals surface area contributed by atoms with Crippen LogP contribution in [-0.4, -0.2) is 47.9 Å². The minimum absolute atomic E-state index is 0.00393. The van der Waals surface area contributed by atoms with Gasteiger partial charge >= 0.3 is 0 Å². The fourth-order valence-electron chi connectivity index (χ4n) is 3.78. The molecule has 3 rings (SSSR count). The summed E-state index contributed by atoms with van der Waals surface area (Å²) >= 11 is 12.0. The molecule has 1 aromatic carbocycles. The van der Waals surface area contributed by atoms with Crippen LogP contribution < -0.4 is 10.6 Å². The van der Waals surface area contributed by atoms with Gasteiger partial charge in [-0.2, -0.15) is 0 Å². The molecule has 1 unspecified atom stereocenters. The molecule has 1 aliphatic heterocycles. The zero-order chi connectivity index (χ0) is 19.4. The highest BCUT2D eigenvalue weighted by molar-refractivity contribution is 6.34. The average Bonchev–Trinajstić information content (AvgIpc) is 2.53. The quantitative estimate of drug-likeness (QED) is 0.690. The molecule has 1 aromatic rings. The van der Waals surface area contributed by atoms with Gasteiger partial charge in [0.25, 0.3) is 0 Å². The molecule has 148 valence electrons. The second-order valence-electron chi connectivity index (χ2n) is 7.61. The van der Waals surface area contributed by atoms with Crippen LogP contribution in [0.1, 0.15) is 44.6 Å². The maximum atomic E-state index is 12.5. The van der Waals surface area contributed by atoms with E-state index in [-0.39, 0.29) is 23.4 Å². The molecule has 5 nitrogen and oxygen atoms in total. The van der Waals surface area contributed by atoms with E-state index in [4.69, 9.17) is 23.2 Å². The Morgan fingerprint density at radius 2 is 1.93 bits per heavy atom. The molecule has 2 fully saturated rings. The van der Waals surface area contributed by atoms with Crippen LogP contribution in [0.25, 0.3) is 0 Å². The summed E-state index contributed by atoms with van der Waals surface area (Å²) in [6.45, 7) is 4.46. The van der Waals surface area contributed by atoms with Crippen LogP contribution in [0.15, 0.2) is 18.2 Å². The molecule has 1 heterocycles. The second kappa shape index (κ2) is 8.80. The maximum Gasteiger partial charge on any atom is 0.237 e. The fourth-order valence-corrected chi connectivity index (χ4v) is 4.35. The molecule has 1 atom stereocenters. The first kappa shape index (κ1) is 20.4. The summed E-state index contributed by atoms with van der Waals surface area (Å²) < 4.78 is 0. The molecule has 2 amide bonds. The predicted molar refractivity (Wildman–Crippen MR) is 108 cm³/mol. The lowest BCUT2D eigenvalue weighted by Gasteiger charge is -2.46. The van der Waals surface area contributed by atoms with Crippen molar-refractivity contribution in [1.29, 1.82) is 0 Å². The molecule has 0 aromatic heterocycles. The lowest BCUT2D eigenvalue weighted by Crippen LogP contribution is -2.65. The lowest BCUT2D eigenvalue weighted by atomic mass is 9.76. The van der Waals surface area contributed by atoms with Crippen molar-refractivity contribution < 1.29 is 9.59 Å². The van der Waals surface area contributed by atoms with Gasteiger partial charge in [0.15, 0.2) is 0 Å². The molecular weight excluding hydrogens is 385 g/mol. The van der Waals surface area contributed by atoms with Crippen molar-refractivity contribution in [3.63, 3.8) is 0 Å². The van der Waals surface area contributed by atoms with E-state index in [2.05, 4.69) is 22.5 Å². The van der Waals surface area contributed by atoms with Crippen LogP contribution in [0.4, 0.5) is 0 Å². The highest BCUT2D eigenvalue weighted by atomic mass is 35.5. The van der Waals surface area contributed by atoms with E-state index in [9.17, 15) is 9.59 Å². The van der Waals surface area contributed by atoms with Crippen LogP contribution in [-0.2, 0) is 16.0 Å². The Bertz CT molecular complexity index is 684. The number of nitrogens with one attached hydrogen (secondary N) is 2. The monoisotopic (exact) mass is 411 g/mol. The minimum atomic E-state index is -0.277.